The molecule has 0 spiro atoms. The van der Waals surface area contributed by atoms with Gasteiger partial charge in [-0.3, -0.25) is 10.1 Å². The number of aromatic nitrogens is 1. The lowest BCUT2D eigenvalue weighted by Crippen LogP contribution is -2.17. The number of nitrogens with zero attached hydrogens (tertiary/aromatic N) is 1. The normalized spacial score (nSPS) is 11.4. The molecule has 0 aliphatic heterocycles. The molecule has 0 atom stereocenters. The van der Waals surface area contributed by atoms with Gasteiger partial charge in [-0.25, -0.2) is 4.98 Å². The summed E-state index contributed by atoms with van der Waals surface area (Å²) in [7, 11) is 0. The van der Waals surface area contributed by atoms with Crippen molar-refractivity contribution in [2.24, 2.45) is 0 Å². The molecule has 0 bridgehead atoms. The van der Waals surface area contributed by atoms with Gasteiger partial charge in [0.05, 0.1) is 16.1 Å². The molecule has 31 heavy (non-hydrogen) atoms. The Kier molecular flexibility index (Phi) is 5.51. The first kappa shape index (κ1) is 20.7. The quantitative estimate of drug-likeness (QED) is 0.380. The van der Waals surface area contributed by atoms with E-state index in [1.165, 1.54) is 41.7 Å². The molecule has 0 aliphatic rings. The van der Waals surface area contributed by atoms with Crippen molar-refractivity contribution in [2.75, 3.05) is 5.32 Å². The largest absolute Gasteiger partial charge is 0.573 e. The number of carbonyl (C=O) groups excluding carboxylic acids is 1. The lowest BCUT2D eigenvalue weighted by Gasteiger charge is -2.11. The van der Waals surface area contributed by atoms with E-state index in [4.69, 9.17) is 4.42 Å². The minimum absolute atomic E-state index is 0.0640. The van der Waals surface area contributed by atoms with Crippen molar-refractivity contribution < 1.29 is 27.1 Å². The second-order valence-electron chi connectivity index (χ2n) is 6.46. The number of carbonyl (C=O) groups is 1. The maximum absolute atomic E-state index is 12.6. The monoisotopic (exact) mass is 444 g/mol. The molecule has 9 heteroatoms. The van der Waals surface area contributed by atoms with Crippen LogP contribution in [0.5, 0.6) is 5.75 Å². The van der Waals surface area contributed by atoms with Crippen LogP contribution in [0.4, 0.5) is 18.3 Å². The average molecular weight is 444 g/mol. The van der Waals surface area contributed by atoms with E-state index in [1.54, 1.807) is 6.07 Å². The number of para-hydroxylation sites is 1. The fourth-order valence-corrected chi connectivity index (χ4v) is 3.92. The molecule has 2 aromatic carbocycles. The molecule has 0 fully saturated rings. The van der Waals surface area contributed by atoms with Gasteiger partial charge in [-0.2, -0.15) is 0 Å². The highest BCUT2D eigenvalue weighted by Gasteiger charge is 2.32. The summed E-state index contributed by atoms with van der Waals surface area (Å²) in [6.45, 7) is 1.84. The summed E-state index contributed by atoms with van der Waals surface area (Å²) >= 11 is 1.32. The maximum atomic E-state index is 12.6. The second kappa shape index (κ2) is 8.27. The Morgan fingerprint density at radius 2 is 1.74 bits per heavy atom. The highest BCUT2D eigenvalue weighted by molar-refractivity contribution is 7.19. The van der Waals surface area contributed by atoms with Crippen molar-refractivity contribution in [1.82, 2.24) is 4.98 Å². The number of anilines is 1. The molecule has 2 aromatic heterocycles. The molecule has 5 nitrogen and oxygen atoms in total. The second-order valence-corrected chi connectivity index (χ2v) is 7.46. The van der Waals surface area contributed by atoms with Gasteiger partial charge in [-0.1, -0.05) is 53.8 Å². The zero-order valence-corrected chi connectivity index (χ0v) is 16.9. The van der Waals surface area contributed by atoms with Crippen molar-refractivity contribution >= 4 is 22.4 Å². The Morgan fingerprint density at radius 1 is 1.03 bits per heavy atom. The first-order valence-corrected chi connectivity index (χ1v) is 9.91. The Balaban J connectivity index is 1.54. The molecule has 0 saturated heterocycles. The van der Waals surface area contributed by atoms with Crippen LogP contribution in [0, 0.1) is 6.92 Å². The van der Waals surface area contributed by atoms with E-state index in [0.29, 0.717) is 5.13 Å². The lowest BCUT2D eigenvalue weighted by molar-refractivity contribution is -0.274. The third-order valence-electron chi connectivity index (χ3n) is 4.26. The summed E-state index contributed by atoms with van der Waals surface area (Å²) in [5.74, 6) is -0.968. The highest BCUT2D eigenvalue weighted by Crippen LogP contribution is 2.35. The summed E-state index contributed by atoms with van der Waals surface area (Å²) < 4.78 is 47.5. The van der Waals surface area contributed by atoms with Gasteiger partial charge < -0.3 is 9.15 Å². The summed E-state index contributed by atoms with van der Waals surface area (Å²) in [5, 5.41) is 3.06. The van der Waals surface area contributed by atoms with Crippen LogP contribution in [-0.4, -0.2) is 17.3 Å². The van der Waals surface area contributed by atoms with Gasteiger partial charge in [0.2, 0.25) is 0 Å². The first-order chi connectivity index (χ1) is 14.8. The van der Waals surface area contributed by atoms with Crippen LogP contribution in [0.3, 0.4) is 0 Å². The molecule has 1 amide bonds. The number of hydrogen-bond acceptors (Lipinski definition) is 5. The van der Waals surface area contributed by atoms with Crippen molar-refractivity contribution in [3.63, 3.8) is 0 Å². The zero-order chi connectivity index (χ0) is 22.0. The standard InChI is InChI=1S/C22H15F3N2O3S/c1-13-19(14-7-3-2-4-8-14)31-21(26-13)27-20(28)18-12-11-16(29-18)15-9-5-6-10-17(15)30-22(23,24)25/h2-12H,1H3,(H,26,27,28). The van der Waals surface area contributed by atoms with Crippen LogP contribution in [0.2, 0.25) is 0 Å². The number of rotatable bonds is 5. The van der Waals surface area contributed by atoms with Crippen LogP contribution < -0.4 is 10.1 Å². The Bertz CT molecular complexity index is 1220. The molecule has 1 N–H and O–H groups in total. The molecule has 2 heterocycles. The fourth-order valence-electron chi connectivity index (χ4n) is 2.95. The molecule has 0 saturated carbocycles. The first-order valence-electron chi connectivity index (χ1n) is 9.09. The third-order valence-corrected chi connectivity index (χ3v) is 5.38. The number of alkyl halides is 3. The van der Waals surface area contributed by atoms with Crippen LogP contribution in [0.25, 0.3) is 21.8 Å². The van der Waals surface area contributed by atoms with Gasteiger partial charge >= 0.3 is 6.36 Å². The number of furan rings is 1. The van der Waals surface area contributed by atoms with Crippen LogP contribution in [0.15, 0.2) is 71.1 Å². The average Bonchev–Trinajstić information content (AvgIpc) is 3.35. The van der Waals surface area contributed by atoms with Gasteiger partial charge in [0.15, 0.2) is 10.9 Å². The Hall–Kier alpha value is -3.59. The summed E-state index contributed by atoms with van der Waals surface area (Å²) in [6.07, 6.45) is -4.85. The number of ether oxygens (including phenoxy) is 1. The predicted molar refractivity (Wildman–Crippen MR) is 111 cm³/mol. The molecule has 0 unspecified atom stereocenters. The highest BCUT2D eigenvalue weighted by atomic mass is 32.1. The van der Waals surface area contributed by atoms with Gasteiger partial charge in [0.1, 0.15) is 11.5 Å². The van der Waals surface area contributed by atoms with Gasteiger partial charge in [0, 0.05) is 0 Å². The van der Waals surface area contributed by atoms with Crippen LogP contribution >= 0.6 is 11.3 Å². The number of nitrogens with one attached hydrogen (secondary N) is 1. The van der Waals surface area contributed by atoms with Gasteiger partial charge in [-0.05, 0) is 36.8 Å². The van der Waals surface area contributed by atoms with E-state index < -0.39 is 18.0 Å². The van der Waals surface area contributed by atoms with E-state index >= 15 is 0 Å². The lowest BCUT2D eigenvalue weighted by atomic mass is 10.1. The molecule has 0 radical (unpaired) electrons. The van der Waals surface area contributed by atoms with Gasteiger partial charge in [0.25, 0.3) is 5.91 Å². The SMILES string of the molecule is Cc1nc(NC(=O)c2ccc(-c3ccccc3OC(F)(F)F)o2)sc1-c1ccccc1. The predicted octanol–water partition coefficient (Wildman–Crippen LogP) is 6.53. The molecule has 4 aromatic rings. The molecule has 0 aliphatic carbocycles. The smallest absolute Gasteiger partial charge is 0.451 e. The number of halogens is 3. The van der Waals surface area contributed by atoms with Crippen molar-refractivity contribution in [3.05, 3.63) is 78.2 Å². The molecule has 4 rings (SSSR count). The van der Waals surface area contributed by atoms with E-state index in [0.717, 1.165) is 16.1 Å². The van der Waals surface area contributed by atoms with Crippen LogP contribution in [-0.2, 0) is 0 Å². The van der Waals surface area contributed by atoms with Crippen molar-refractivity contribution in [3.8, 4) is 27.5 Å². The topological polar surface area (TPSA) is 64.4 Å². The number of benzene rings is 2. The summed E-state index contributed by atoms with van der Waals surface area (Å²) in [6, 6.07) is 18.0. The molecular formula is C22H15F3N2O3S. The van der Waals surface area contributed by atoms with E-state index in [1.807, 2.05) is 37.3 Å². The number of aryl methyl sites for hydroxylation is 1. The fraction of sp³-hybridized carbons (Fsp3) is 0.0909. The summed E-state index contributed by atoms with van der Waals surface area (Å²) in [5.41, 5.74) is 1.83. The number of hydrogen-bond donors (Lipinski definition) is 1. The minimum atomic E-state index is -4.85. The van der Waals surface area contributed by atoms with E-state index in [2.05, 4.69) is 15.0 Å². The van der Waals surface area contributed by atoms with Crippen LogP contribution in [0.1, 0.15) is 16.2 Å². The van der Waals surface area contributed by atoms with Gasteiger partial charge in [-0.15, -0.1) is 13.2 Å². The molecular weight excluding hydrogens is 429 g/mol. The van der Waals surface area contributed by atoms with Crippen molar-refractivity contribution in [2.45, 2.75) is 13.3 Å². The minimum Gasteiger partial charge on any atom is -0.451 e. The Labute approximate surface area is 179 Å². The number of thiazole rings is 1. The van der Waals surface area contributed by atoms with E-state index in [-0.39, 0.29) is 17.1 Å². The molecule has 158 valence electrons. The third kappa shape index (κ3) is 4.77. The maximum Gasteiger partial charge on any atom is 0.573 e. The zero-order valence-electron chi connectivity index (χ0n) is 16.1. The summed E-state index contributed by atoms with van der Waals surface area (Å²) in [4.78, 5) is 17.9. The van der Waals surface area contributed by atoms with Crippen molar-refractivity contribution in [1.29, 1.82) is 0 Å². The van der Waals surface area contributed by atoms with E-state index in [9.17, 15) is 18.0 Å². The Morgan fingerprint density at radius 3 is 2.48 bits per heavy atom. The number of amides is 1.